The van der Waals surface area contributed by atoms with Crippen LogP contribution in [-0.2, 0) is 11.4 Å². The molecule has 0 aliphatic rings. The van der Waals surface area contributed by atoms with Gasteiger partial charge >= 0.3 is 0 Å². The lowest BCUT2D eigenvalue weighted by molar-refractivity contribution is -0.118. The number of thioether (sulfide) groups is 1. The molecule has 4 rings (SSSR count). The van der Waals surface area contributed by atoms with Gasteiger partial charge in [-0.3, -0.25) is 4.79 Å². The van der Waals surface area contributed by atoms with E-state index in [1.54, 1.807) is 6.21 Å². The number of benzene rings is 3. The smallest absolute Gasteiger partial charge is 0.250 e. The molecule has 0 radical (unpaired) electrons. The highest BCUT2D eigenvalue weighted by Crippen LogP contribution is 2.20. The Labute approximate surface area is 184 Å². The zero-order valence-electron chi connectivity index (χ0n) is 17.0. The summed E-state index contributed by atoms with van der Waals surface area (Å²) in [5.74, 6) is 0.711. The van der Waals surface area contributed by atoms with Crippen LogP contribution in [0.4, 0.5) is 0 Å². The van der Waals surface area contributed by atoms with E-state index in [0.717, 1.165) is 22.2 Å². The number of rotatable bonds is 8. The number of aryl methyl sites for hydroxylation is 1. The van der Waals surface area contributed by atoms with Crippen molar-refractivity contribution in [3.05, 3.63) is 89.5 Å². The number of carbonyl (C=O) groups excluding carboxylic acids is 1. The Bertz CT molecular complexity index is 1190. The van der Waals surface area contributed by atoms with Crippen molar-refractivity contribution in [1.82, 2.24) is 15.4 Å². The second kappa shape index (κ2) is 9.95. The van der Waals surface area contributed by atoms with E-state index in [1.807, 2.05) is 66.7 Å². The molecule has 0 saturated carbocycles. The molecule has 2 N–H and O–H groups in total. The molecule has 3 aromatic carbocycles. The van der Waals surface area contributed by atoms with Gasteiger partial charge in [-0.1, -0.05) is 60.3 Å². The van der Waals surface area contributed by atoms with Crippen LogP contribution in [0.25, 0.3) is 11.0 Å². The van der Waals surface area contributed by atoms with Crippen LogP contribution < -0.4 is 10.2 Å². The lowest BCUT2D eigenvalue weighted by Gasteiger charge is -2.10. The van der Waals surface area contributed by atoms with Crippen molar-refractivity contribution in [3.63, 3.8) is 0 Å². The van der Waals surface area contributed by atoms with Crippen molar-refractivity contribution in [2.24, 2.45) is 5.10 Å². The number of fused-ring (bicyclic) bond motifs is 1. The molecule has 6 nitrogen and oxygen atoms in total. The van der Waals surface area contributed by atoms with Gasteiger partial charge in [-0.05, 0) is 42.3 Å². The van der Waals surface area contributed by atoms with E-state index in [0.29, 0.717) is 17.5 Å². The van der Waals surface area contributed by atoms with Crippen LogP contribution in [0.15, 0.2) is 83.1 Å². The number of ether oxygens (including phenoxy) is 1. The molecule has 0 aliphatic heterocycles. The summed E-state index contributed by atoms with van der Waals surface area (Å²) in [7, 11) is 0. The molecule has 0 fully saturated rings. The number of hydrogen-bond acceptors (Lipinski definition) is 5. The maximum absolute atomic E-state index is 12.1. The Hall–Kier alpha value is -3.58. The third-order valence-electron chi connectivity index (χ3n) is 4.66. The summed E-state index contributed by atoms with van der Waals surface area (Å²) >= 11 is 1.33. The second-order valence-electron chi connectivity index (χ2n) is 6.89. The van der Waals surface area contributed by atoms with Gasteiger partial charge < -0.3 is 9.72 Å². The molecule has 1 aromatic heterocycles. The fourth-order valence-corrected chi connectivity index (χ4v) is 3.66. The number of nitrogens with zero attached hydrogens (tertiary/aromatic N) is 2. The first kappa shape index (κ1) is 20.7. The Balaban J connectivity index is 1.31. The van der Waals surface area contributed by atoms with Crippen LogP contribution in [0.2, 0.25) is 0 Å². The predicted molar refractivity (Wildman–Crippen MR) is 125 cm³/mol. The SMILES string of the molecule is Cc1ccccc1COc1ccccc1/C=N/NC(=O)CSc1nc2ccccc2[nH]1. The van der Waals surface area contributed by atoms with Crippen molar-refractivity contribution < 1.29 is 9.53 Å². The fraction of sp³-hybridized carbons (Fsp3) is 0.125. The molecule has 0 aliphatic carbocycles. The van der Waals surface area contributed by atoms with Crippen LogP contribution in [0.3, 0.4) is 0 Å². The molecule has 0 saturated heterocycles. The minimum atomic E-state index is -0.208. The van der Waals surface area contributed by atoms with Crippen molar-refractivity contribution in [3.8, 4) is 5.75 Å². The van der Waals surface area contributed by atoms with Crippen molar-refractivity contribution >= 4 is 34.9 Å². The number of aromatic nitrogens is 2. The maximum atomic E-state index is 12.1. The van der Waals surface area contributed by atoms with Gasteiger partial charge in [-0.2, -0.15) is 5.10 Å². The first-order valence-electron chi connectivity index (χ1n) is 9.85. The van der Waals surface area contributed by atoms with Gasteiger partial charge in [-0.15, -0.1) is 0 Å². The van der Waals surface area contributed by atoms with E-state index in [-0.39, 0.29) is 11.7 Å². The minimum absolute atomic E-state index is 0.208. The normalized spacial score (nSPS) is 11.1. The molecule has 1 amide bonds. The lowest BCUT2D eigenvalue weighted by Crippen LogP contribution is -2.19. The molecular weight excluding hydrogens is 408 g/mol. The van der Waals surface area contributed by atoms with Crippen LogP contribution in [-0.4, -0.2) is 27.8 Å². The maximum Gasteiger partial charge on any atom is 0.250 e. The predicted octanol–water partition coefficient (Wildman–Crippen LogP) is 4.69. The Kier molecular flexibility index (Phi) is 6.64. The number of aromatic amines is 1. The quantitative estimate of drug-likeness (QED) is 0.241. The minimum Gasteiger partial charge on any atom is -0.488 e. The van der Waals surface area contributed by atoms with E-state index >= 15 is 0 Å². The fourth-order valence-electron chi connectivity index (χ4n) is 2.98. The number of H-pyrrole nitrogens is 1. The van der Waals surface area contributed by atoms with Gasteiger partial charge in [0, 0.05) is 5.56 Å². The number of amides is 1. The summed E-state index contributed by atoms with van der Waals surface area (Å²) in [4.78, 5) is 19.8. The van der Waals surface area contributed by atoms with E-state index in [2.05, 4.69) is 33.5 Å². The largest absolute Gasteiger partial charge is 0.488 e. The summed E-state index contributed by atoms with van der Waals surface area (Å²) in [6, 6.07) is 23.5. The molecule has 0 atom stereocenters. The molecule has 1 heterocycles. The summed E-state index contributed by atoms with van der Waals surface area (Å²) in [5, 5.41) is 4.79. The van der Waals surface area contributed by atoms with Crippen molar-refractivity contribution in [2.45, 2.75) is 18.7 Å². The number of hydrazone groups is 1. The summed E-state index contributed by atoms with van der Waals surface area (Å²) in [6.45, 7) is 2.53. The van der Waals surface area contributed by atoms with Gasteiger partial charge in [0.05, 0.1) is 23.0 Å². The van der Waals surface area contributed by atoms with Crippen molar-refractivity contribution in [1.29, 1.82) is 0 Å². The van der Waals surface area contributed by atoms with Gasteiger partial charge in [0.15, 0.2) is 5.16 Å². The first-order valence-corrected chi connectivity index (χ1v) is 10.8. The van der Waals surface area contributed by atoms with Crippen LogP contribution >= 0.6 is 11.8 Å². The molecule has 31 heavy (non-hydrogen) atoms. The molecule has 0 unspecified atom stereocenters. The second-order valence-corrected chi connectivity index (χ2v) is 7.86. The number of imidazole rings is 1. The number of carbonyl (C=O) groups is 1. The first-order chi connectivity index (χ1) is 15.2. The molecule has 4 aromatic rings. The van der Waals surface area contributed by atoms with E-state index in [4.69, 9.17) is 4.74 Å². The summed E-state index contributed by atoms with van der Waals surface area (Å²) in [5.41, 5.74) is 7.49. The standard InChI is InChI=1S/C24H22N4O2S/c1-17-8-2-3-10-19(17)15-30-22-13-7-4-9-18(22)14-25-28-23(29)16-31-24-26-20-11-5-6-12-21(20)27-24/h2-14H,15-16H2,1H3,(H,26,27)(H,28,29)/b25-14+. The van der Waals surface area contributed by atoms with Gasteiger partial charge in [0.25, 0.3) is 5.91 Å². The van der Waals surface area contributed by atoms with Crippen molar-refractivity contribution in [2.75, 3.05) is 5.75 Å². The third-order valence-corrected chi connectivity index (χ3v) is 5.54. The molecule has 156 valence electrons. The average molecular weight is 431 g/mol. The average Bonchev–Trinajstić information content (AvgIpc) is 3.21. The van der Waals surface area contributed by atoms with E-state index in [1.165, 1.54) is 17.3 Å². The molecular formula is C24H22N4O2S. The molecule has 0 bridgehead atoms. The molecule has 0 spiro atoms. The van der Waals surface area contributed by atoms with Gasteiger partial charge in [0.1, 0.15) is 12.4 Å². The van der Waals surface area contributed by atoms with E-state index < -0.39 is 0 Å². The Morgan fingerprint density at radius 3 is 2.74 bits per heavy atom. The van der Waals surface area contributed by atoms with Gasteiger partial charge in [-0.25, -0.2) is 10.4 Å². The lowest BCUT2D eigenvalue weighted by atomic mass is 10.1. The highest BCUT2D eigenvalue weighted by Gasteiger charge is 2.07. The number of hydrogen-bond donors (Lipinski definition) is 2. The summed E-state index contributed by atoms with van der Waals surface area (Å²) in [6.07, 6.45) is 1.59. The van der Waals surface area contributed by atoms with Gasteiger partial charge in [0.2, 0.25) is 0 Å². The monoisotopic (exact) mass is 430 g/mol. The highest BCUT2D eigenvalue weighted by atomic mass is 32.2. The van der Waals surface area contributed by atoms with Crippen LogP contribution in [0.1, 0.15) is 16.7 Å². The third kappa shape index (κ3) is 5.52. The summed E-state index contributed by atoms with van der Waals surface area (Å²) < 4.78 is 5.98. The van der Waals surface area contributed by atoms with Crippen LogP contribution in [0, 0.1) is 6.92 Å². The zero-order chi connectivity index (χ0) is 21.5. The highest BCUT2D eigenvalue weighted by molar-refractivity contribution is 7.99. The van der Waals surface area contributed by atoms with E-state index in [9.17, 15) is 4.79 Å². The zero-order valence-corrected chi connectivity index (χ0v) is 17.9. The van der Waals surface area contributed by atoms with Crippen LogP contribution in [0.5, 0.6) is 5.75 Å². The topological polar surface area (TPSA) is 79.4 Å². The Morgan fingerprint density at radius 1 is 1.10 bits per heavy atom. The number of nitrogens with one attached hydrogen (secondary N) is 2. The Morgan fingerprint density at radius 2 is 1.87 bits per heavy atom. The number of para-hydroxylation sites is 3. The molecule has 7 heteroatoms.